The smallest absolute Gasteiger partial charge is 0.271 e. The molecule has 6 nitrogen and oxygen atoms in total. The van der Waals surface area contributed by atoms with E-state index in [1.165, 1.54) is 16.8 Å². The molecule has 0 fully saturated rings. The van der Waals surface area contributed by atoms with Crippen LogP contribution in [-0.4, -0.2) is 33.4 Å². The fraction of sp³-hybridized carbons (Fsp3) is 0.643. The average molecular weight is 281 g/mol. The Morgan fingerprint density at radius 1 is 1.45 bits per heavy atom. The molecule has 1 unspecified atom stereocenters. The summed E-state index contributed by atoms with van der Waals surface area (Å²) < 4.78 is 1.27. The summed E-state index contributed by atoms with van der Waals surface area (Å²) in [6, 6.07) is 2.73. The Kier molecular flexibility index (Phi) is 5.44. The number of aliphatic hydroxyl groups excluding tert-OH is 1. The third-order valence-electron chi connectivity index (χ3n) is 2.99. The predicted octanol–water partition coefficient (Wildman–Crippen LogP) is 0.790. The maximum atomic E-state index is 11.9. The summed E-state index contributed by atoms with van der Waals surface area (Å²) in [5.41, 5.74) is -0.348. The van der Waals surface area contributed by atoms with Gasteiger partial charge in [0.25, 0.3) is 11.5 Å². The minimum Gasteiger partial charge on any atom is -0.391 e. The van der Waals surface area contributed by atoms with Crippen LogP contribution < -0.4 is 10.9 Å². The van der Waals surface area contributed by atoms with Crippen LogP contribution in [0.25, 0.3) is 0 Å². The second-order valence-corrected chi connectivity index (χ2v) is 5.87. The molecule has 112 valence electrons. The zero-order valence-electron chi connectivity index (χ0n) is 12.5. The number of carbonyl (C=O) groups excluding carboxylic acids is 1. The fourth-order valence-corrected chi connectivity index (χ4v) is 1.53. The molecule has 1 heterocycles. The van der Waals surface area contributed by atoms with Gasteiger partial charge >= 0.3 is 0 Å². The minimum absolute atomic E-state index is 0.150. The van der Waals surface area contributed by atoms with Gasteiger partial charge in [-0.2, -0.15) is 5.10 Å². The van der Waals surface area contributed by atoms with Crippen molar-refractivity contribution in [3.63, 3.8) is 0 Å². The largest absolute Gasteiger partial charge is 0.391 e. The van der Waals surface area contributed by atoms with E-state index in [4.69, 9.17) is 0 Å². The Bertz CT molecular complexity index is 517. The van der Waals surface area contributed by atoms with E-state index in [-0.39, 0.29) is 23.2 Å². The lowest BCUT2D eigenvalue weighted by atomic mass is 9.89. The molecule has 0 aliphatic heterocycles. The van der Waals surface area contributed by atoms with Crippen LogP contribution in [0.3, 0.4) is 0 Å². The van der Waals surface area contributed by atoms with E-state index in [1.54, 1.807) is 0 Å². The molecule has 1 aromatic rings. The second kappa shape index (κ2) is 6.65. The van der Waals surface area contributed by atoms with Crippen LogP contribution in [0.5, 0.6) is 0 Å². The molecule has 0 aliphatic rings. The van der Waals surface area contributed by atoms with E-state index >= 15 is 0 Å². The first kappa shape index (κ1) is 16.4. The maximum absolute atomic E-state index is 11.9. The second-order valence-electron chi connectivity index (χ2n) is 5.87. The number of aliphatic hydroxyl groups is 1. The molecule has 0 aromatic carbocycles. The average Bonchev–Trinajstić information content (AvgIpc) is 2.37. The number of aromatic nitrogens is 2. The zero-order chi connectivity index (χ0) is 15.3. The van der Waals surface area contributed by atoms with Gasteiger partial charge in [0.2, 0.25) is 0 Å². The van der Waals surface area contributed by atoms with Crippen molar-refractivity contribution in [3.8, 4) is 0 Å². The number of carbonyl (C=O) groups is 1. The van der Waals surface area contributed by atoms with E-state index in [0.717, 1.165) is 6.42 Å². The van der Waals surface area contributed by atoms with E-state index in [1.807, 2.05) is 27.7 Å². The van der Waals surface area contributed by atoms with Gasteiger partial charge in [-0.1, -0.05) is 27.7 Å². The molecule has 2 N–H and O–H groups in total. The summed E-state index contributed by atoms with van der Waals surface area (Å²) in [5.74, 6) is -0.391. The Morgan fingerprint density at radius 2 is 2.10 bits per heavy atom. The molecular weight excluding hydrogens is 258 g/mol. The normalized spacial score (nSPS) is 13.1. The number of hydrogen-bond donors (Lipinski definition) is 2. The van der Waals surface area contributed by atoms with Crippen LogP contribution in [0.4, 0.5) is 0 Å². The standard InChI is InChI=1S/C14H23N3O3/c1-5-8-17-12(19)7-6-10(16-17)13(20)15-9-11(18)14(2,3)4/h6-7,11,18H,5,8-9H2,1-4H3,(H,15,20). The van der Waals surface area contributed by atoms with Gasteiger partial charge in [-0.3, -0.25) is 9.59 Å². The summed E-state index contributed by atoms with van der Waals surface area (Å²) in [6.45, 7) is 8.23. The molecule has 1 aromatic heterocycles. The van der Waals surface area contributed by atoms with Gasteiger partial charge in [0.1, 0.15) is 5.69 Å². The van der Waals surface area contributed by atoms with Crippen molar-refractivity contribution in [2.75, 3.05) is 6.54 Å². The quantitative estimate of drug-likeness (QED) is 0.835. The van der Waals surface area contributed by atoms with E-state index in [9.17, 15) is 14.7 Å². The van der Waals surface area contributed by atoms with Gasteiger partial charge < -0.3 is 10.4 Å². The number of amides is 1. The molecule has 20 heavy (non-hydrogen) atoms. The first-order valence-electron chi connectivity index (χ1n) is 6.80. The van der Waals surface area contributed by atoms with Crippen LogP contribution in [0.1, 0.15) is 44.6 Å². The third-order valence-corrected chi connectivity index (χ3v) is 2.99. The number of hydrogen-bond acceptors (Lipinski definition) is 4. The van der Waals surface area contributed by atoms with Crippen LogP contribution >= 0.6 is 0 Å². The molecule has 6 heteroatoms. The topological polar surface area (TPSA) is 84.2 Å². The number of nitrogens with zero attached hydrogens (tertiary/aromatic N) is 2. The monoisotopic (exact) mass is 281 g/mol. The highest BCUT2D eigenvalue weighted by Gasteiger charge is 2.22. The Morgan fingerprint density at radius 3 is 2.65 bits per heavy atom. The molecule has 0 spiro atoms. The van der Waals surface area contributed by atoms with E-state index < -0.39 is 12.0 Å². The first-order chi connectivity index (χ1) is 9.25. The molecule has 0 saturated carbocycles. The van der Waals surface area contributed by atoms with Gasteiger partial charge in [-0.25, -0.2) is 4.68 Å². The van der Waals surface area contributed by atoms with Crippen LogP contribution in [0, 0.1) is 5.41 Å². The number of aryl methyl sites for hydroxylation is 1. The lowest BCUT2D eigenvalue weighted by Crippen LogP contribution is -2.40. The predicted molar refractivity (Wildman–Crippen MR) is 76.6 cm³/mol. The van der Waals surface area contributed by atoms with Crippen molar-refractivity contribution >= 4 is 5.91 Å². The summed E-state index contributed by atoms with van der Waals surface area (Å²) in [7, 11) is 0. The highest BCUT2D eigenvalue weighted by atomic mass is 16.3. The summed E-state index contributed by atoms with van der Waals surface area (Å²) in [4.78, 5) is 23.5. The molecule has 1 atom stereocenters. The zero-order valence-corrected chi connectivity index (χ0v) is 12.5. The molecule has 0 bridgehead atoms. The van der Waals surface area contributed by atoms with Crippen molar-refractivity contribution < 1.29 is 9.90 Å². The van der Waals surface area contributed by atoms with Gasteiger partial charge in [-0.05, 0) is 17.9 Å². The van der Waals surface area contributed by atoms with Gasteiger partial charge in [0, 0.05) is 19.2 Å². The van der Waals surface area contributed by atoms with E-state index in [2.05, 4.69) is 10.4 Å². The van der Waals surface area contributed by atoms with Crippen molar-refractivity contribution in [1.29, 1.82) is 0 Å². The van der Waals surface area contributed by atoms with Crippen molar-refractivity contribution in [1.82, 2.24) is 15.1 Å². The Hall–Kier alpha value is -1.69. The molecule has 0 radical (unpaired) electrons. The van der Waals surface area contributed by atoms with Gasteiger partial charge in [0.15, 0.2) is 0 Å². The molecule has 1 amide bonds. The lowest BCUT2D eigenvalue weighted by Gasteiger charge is -2.25. The van der Waals surface area contributed by atoms with Crippen molar-refractivity contribution in [2.24, 2.45) is 5.41 Å². The number of rotatable bonds is 5. The Labute approximate surface area is 118 Å². The molecule has 0 saturated heterocycles. The summed E-state index contributed by atoms with van der Waals surface area (Å²) >= 11 is 0. The lowest BCUT2D eigenvalue weighted by molar-refractivity contribution is 0.0584. The van der Waals surface area contributed by atoms with Crippen LogP contribution in [0.15, 0.2) is 16.9 Å². The maximum Gasteiger partial charge on any atom is 0.271 e. The van der Waals surface area contributed by atoms with Crippen LogP contribution in [-0.2, 0) is 6.54 Å². The SMILES string of the molecule is CCCn1nc(C(=O)NCC(O)C(C)(C)C)ccc1=O. The third kappa shape index (κ3) is 4.45. The summed E-state index contributed by atoms with van der Waals surface area (Å²) in [5, 5.41) is 16.5. The van der Waals surface area contributed by atoms with Crippen molar-refractivity contribution in [2.45, 2.75) is 46.8 Å². The fourth-order valence-electron chi connectivity index (χ4n) is 1.53. The molecule has 0 aliphatic carbocycles. The molecular formula is C14H23N3O3. The highest BCUT2D eigenvalue weighted by Crippen LogP contribution is 2.18. The number of nitrogens with one attached hydrogen (secondary N) is 1. The Balaban J connectivity index is 2.73. The van der Waals surface area contributed by atoms with Crippen LogP contribution in [0.2, 0.25) is 0 Å². The summed E-state index contributed by atoms with van der Waals surface area (Å²) in [6.07, 6.45) is 0.119. The highest BCUT2D eigenvalue weighted by molar-refractivity contribution is 5.91. The molecule has 1 rings (SSSR count). The first-order valence-corrected chi connectivity index (χ1v) is 6.80. The minimum atomic E-state index is -0.645. The van der Waals surface area contributed by atoms with Gasteiger partial charge in [-0.15, -0.1) is 0 Å². The van der Waals surface area contributed by atoms with Gasteiger partial charge in [0.05, 0.1) is 6.10 Å². The van der Waals surface area contributed by atoms with E-state index in [0.29, 0.717) is 6.54 Å². The van der Waals surface area contributed by atoms with Crippen molar-refractivity contribution in [3.05, 3.63) is 28.2 Å².